The average Bonchev–Trinajstić information content (AvgIpc) is 3.82. The van der Waals surface area contributed by atoms with Gasteiger partial charge in [-0.3, -0.25) is 0 Å². The summed E-state index contributed by atoms with van der Waals surface area (Å²) in [6, 6.07) is 46.1. The molecule has 1 N–H and O–H groups in total. The van der Waals surface area contributed by atoms with Crippen LogP contribution in [-0.2, 0) is 48.2 Å². The van der Waals surface area contributed by atoms with Crippen molar-refractivity contribution in [3.63, 3.8) is 0 Å². The Bertz CT molecular complexity index is 2410. The molecule has 0 saturated heterocycles. The summed E-state index contributed by atoms with van der Waals surface area (Å²) in [5, 5.41) is 25.9. The highest BCUT2D eigenvalue weighted by atomic mass is 16.5. The fourth-order valence-corrected chi connectivity index (χ4v) is 8.33. The SMILES string of the molecule is CCCc1nc(C(C)(C)O)c(C(=O)OCC)n1Cc1ccc2c(c1)CCc1ccccc1N2Cc1nnn(C(c2ccccc2)(c2ccccc2)c2ccccc2)n1. The van der Waals surface area contributed by atoms with Crippen LogP contribution in [0.3, 0.4) is 0 Å². The molecule has 10 heteroatoms. The lowest BCUT2D eigenvalue weighted by atomic mass is 9.77. The number of aryl methyl sites for hydroxylation is 3. The van der Waals surface area contributed by atoms with Crippen molar-refractivity contribution in [2.24, 2.45) is 0 Å². The van der Waals surface area contributed by atoms with E-state index < -0.39 is 17.1 Å². The lowest BCUT2D eigenvalue weighted by Crippen LogP contribution is -2.39. The van der Waals surface area contributed by atoms with Crippen LogP contribution in [0.4, 0.5) is 11.4 Å². The Labute approximate surface area is 339 Å². The third-order valence-electron chi connectivity index (χ3n) is 10.9. The topological polar surface area (TPSA) is 111 Å². The molecule has 0 bridgehead atoms. The minimum atomic E-state index is -1.32. The molecule has 1 aliphatic rings. The molecule has 0 fully saturated rings. The first-order chi connectivity index (χ1) is 28.2. The van der Waals surface area contributed by atoms with Crippen molar-refractivity contribution in [3.05, 3.63) is 190 Å². The van der Waals surface area contributed by atoms with Crippen molar-refractivity contribution in [1.29, 1.82) is 0 Å². The van der Waals surface area contributed by atoms with Crippen molar-refractivity contribution in [1.82, 2.24) is 29.8 Å². The number of carbonyl (C=O) groups excluding carboxylic acids is 1. The number of carbonyl (C=O) groups is 1. The molecular weight excluding hydrogens is 723 g/mol. The van der Waals surface area contributed by atoms with Gasteiger partial charge in [0, 0.05) is 24.3 Å². The second-order valence-electron chi connectivity index (χ2n) is 15.3. The van der Waals surface area contributed by atoms with E-state index in [1.165, 1.54) is 11.1 Å². The second kappa shape index (κ2) is 16.2. The van der Waals surface area contributed by atoms with E-state index in [-0.39, 0.29) is 6.61 Å². The number of hydrogen-bond acceptors (Lipinski definition) is 8. The Hall–Kier alpha value is -6.39. The summed E-state index contributed by atoms with van der Waals surface area (Å²) in [6.07, 6.45) is 3.17. The number of benzene rings is 5. The van der Waals surface area contributed by atoms with E-state index >= 15 is 0 Å². The molecule has 7 aromatic rings. The Morgan fingerprint density at radius 2 is 1.33 bits per heavy atom. The van der Waals surface area contributed by atoms with Crippen molar-refractivity contribution >= 4 is 17.3 Å². The van der Waals surface area contributed by atoms with Crippen LogP contribution in [0.15, 0.2) is 133 Å². The summed E-state index contributed by atoms with van der Waals surface area (Å²) in [5.41, 5.74) is 7.10. The van der Waals surface area contributed by atoms with E-state index in [4.69, 9.17) is 25.1 Å². The van der Waals surface area contributed by atoms with Gasteiger partial charge in [0.25, 0.3) is 0 Å². The van der Waals surface area contributed by atoms with E-state index in [9.17, 15) is 9.90 Å². The van der Waals surface area contributed by atoms with Gasteiger partial charge < -0.3 is 19.3 Å². The highest BCUT2D eigenvalue weighted by Crippen LogP contribution is 2.41. The monoisotopic (exact) mass is 771 g/mol. The number of anilines is 2. The third kappa shape index (κ3) is 7.20. The molecule has 0 radical (unpaired) electrons. The number of nitrogens with zero attached hydrogens (tertiary/aromatic N) is 7. The highest BCUT2D eigenvalue weighted by molar-refractivity contribution is 5.89. The zero-order valence-electron chi connectivity index (χ0n) is 33.5. The van der Waals surface area contributed by atoms with Gasteiger partial charge in [0.15, 0.2) is 17.1 Å². The van der Waals surface area contributed by atoms with Crippen molar-refractivity contribution in [2.45, 2.75) is 77.6 Å². The number of tetrazole rings is 1. The second-order valence-corrected chi connectivity index (χ2v) is 15.3. The third-order valence-corrected chi connectivity index (χ3v) is 10.9. The molecule has 2 aromatic heterocycles. The van der Waals surface area contributed by atoms with Crippen LogP contribution in [0.1, 0.15) is 95.3 Å². The smallest absolute Gasteiger partial charge is 0.357 e. The molecule has 1 aliphatic heterocycles. The van der Waals surface area contributed by atoms with E-state index in [1.807, 2.05) is 22.8 Å². The van der Waals surface area contributed by atoms with Gasteiger partial charge >= 0.3 is 5.97 Å². The first-order valence-corrected chi connectivity index (χ1v) is 20.1. The standard InChI is InChI=1S/C48H49N7O3/c1-5-18-43-49-45(47(3,4)57)44(46(56)58-6-2)54(43)32-34-27-30-41-36(31-34)29-28-35-19-16-17-26-40(35)53(41)33-42-50-52-55(51-42)48(37-20-10-7-11-21-37,38-22-12-8-13-23-38)39-24-14-9-15-25-39/h7-17,19-27,30-31,57H,5-6,18,28-29,32-33H2,1-4H3. The zero-order valence-corrected chi connectivity index (χ0v) is 33.5. The molecule has 10 nitrogen and oxygen atoms in total. The van der Waals surface area contributed by atoms with Crippen molar-refractivity contribution in [2.75, 3.05) is 11.5 Å². The summed E-state index contributed by atoms with van der Waals surface area (Å²) in [7, 11) is 0. The molecule has 0 saturated carbocycles. The van der Waals surface area contributed by atoms with Gasteiger partial charge in [-0.05, 0) is 90.8 Å². The maximum Gasteiger partial charge on any atom is 0.357 e. The van der Waals surface area contributed by atoms with Crippen LogP contribution in [0.25, 0.3) is 0 Å². The van der Waals surface area contributed by atoms with E-state index in [1.54, 1.807) is 25.6 Å². The maximum absolute atomic E-state index is 13.4. The first kappa shape index (κ1) is 38.5. The fourth-order valence-electron chi connectivity index (χ4n) is 8.33. The molecule has 0 spiro atoms. The van der Waals surface area contributed by atoms with Gasteiger partial charge in [-0.15, -0.1) is 15.0 Å². The molecule has 0 atom stereocenters. The fraction of sp³-hybridized carbons (Fsp3) is 0.271. The lowest BCUT2D eigenvalue weighted by Gasteiger charge is -2.34. The Morgan fingerprint density at radius 1 is 0.741 bits per heavy atom. The predicted molar refractivity (Wildman–Crippen MR) is 225 cm³/mol. The summed E-state index contributed by atoms with van der Waals surface area (Å²) >= 11 is 0. The van der Waals surface area contributed by atoms with Crippen LogP contribution in [0.5, 0.6) is 0 Å². The normalized spacial score (nSPS) is 12.8. The van der Waals surface area contributed by atoms with Gasteiger partial charge in [-0.2, -0.15) is 0 Å². The number of esters is 1. The first-order valence-electron chi connectivity index (χ1n) is 20.1. The number of para-hydroxylation sites is 1. The summed E-state index contributed by atoms with van der Waals surface area (Å²) in [4.78, 5) is 22.3. The molecule has 0 aliphatic carbocycles. The largest absolute Gasteiger partial charge is 0.461 e. The van der Waals surface area contributed by atoms with Gasteiger partial charge in [-0.1, -0.05) is 128 Å². The van der Waals surface area contributed by atoms with E-state index in [2.05, 4.69) is 127 Å². The van der Waals surface area contributed by atoms with Crippen molar-refractivity contribution in [3.8, 4) is 0 Å². The number of ether oxygens (including phenoxy) is 1. The number of fused-ring (bicyclic) bond motifs is 2. The number of aliphatic hydroxyl groups is 1. The maximum atomic E-state index is 13.4. The molecular formula is C48H49N7O3. The molecule has 58 heavy (non-hydrogen) atoms. The van der Waals surface area contributed by atoms with Crippen LogP contribution >= 0.6 is 0 Å². The zero-order chi connectivity index (χ0) is 40.3. The molecule has 3 heterocycles. The molecule has 0 unspecified atom stereocenters. The number of rotatable bonds is 13. The number of hydrogen-bond donors (Lipinski definition) is 1. The highest BCUT2D eigenvalue weighted by Gasteiger charge is 2.41. The van der Waals surface area contributed by atoms with Crippen LogP contribution in [0.2, 0.25) is 0 Å². The van der Waals surface area contributed by atoms with Crippen LogP contribution in [-0.4, -0.2) is 47.4 Å². The van der Waals surface area contributed by atoms with Crippen molar-refractivity contribution < 1.29 is 14.6 Å². The van der Waals surface area contributed by atoms with Crippen LogP contribution in [0, 0.1) is 0 Å². The Balaban J connectivity index is 1.21. The van der Waals surface area contributed by atoms with E-state index in [0.717, 1.165) is 58.7 Å². The lowest BCUT2D eigenvalue weighted by molar-refractivity contribution is 0.0469. The van der Waals surface area contributed by atoms with Gasteiger partial charge in [0.05, 0.1) is 13.2 Å². The number of aromatic nitrogens is 6. The van der Waals surface area contributed by atoms with Crippen LogP contribution < -0.4 is 4.90 Å². The molecule has 0 amide bonds. The van der Waals surface area contributed by atoms with E-state index in [0.29, 0.717) is 36.7 Å². The molecule has 294 valence electrons. The number of imidazole rings is 1. The van der Waals surface area contributed by atoms with Gasteiger partial charge in [-0.25, -0.2) is 9.78 Å². The average molecular weight is 772 g/mol. The molecule has 5 aromatic carbocycles. The Kier molecular flexibility index (Phi) is 10.8. The Morgan fingerprint density at radius 3 is 1.93 bits per heavy atom. The summed E-state index contributed by atoms with van der Waals surface area (Å²) in [6.45, 7) is 8.21. The predicted octanol–water partition coefficient (Wildman–Crippen LogP) is 8.55. The van der Waals surface area contributed by atoms with Gasteiger partial charge in [0.1, 0.15) is 17.1 Å². The minimum absolute atomic E-state index is 0.224. The minimum Gasteiger partial charge on any atom is -0.461 e. The summed E-state index contributed by atoms with van der Waals surface area (Å²) < 4.78 is 7.44. The van der Waals surface area contributed by atoms with Gasteiger partial charge in [0.2, 0.25) is 0 Å². The summed E-state index contributed by atoms with van der Waals surface area (Å²) in [5.74, 6) is 0.848. The molecule has 8 rings (SSSR count). The quantitative estimate of drug-likeness (QED) is 0.0918.